The van der Waals surface area contributed by atoms with E-state index in [1.165, 1.54) is 12.1 Å². The summed E-state index contributed by atoms with van der Waals surface area (Å²) in [7, 11) is -3.95. The fraction of sp³-hybridized carbons (Fsp3) is 0.133. The normalized spacial score (nSPS) is 13.1. The number of ether oxygens (including phenoxy) is 1. The number of hydrogen-bond donors (Lipinski definition) is 2. The number of anilines is 1. The Morgan fingerprint density at radius 3 is 2.61 bits per heavy atom. The van der Waals surface area contributed by atoms with Crippen LogP contribution < -0.4 is 14.8 Å². The number of benzene rings is 2. The van der Waals surface area contributed by atoms with Crippen LogP contribution in [-0.2, 0) is 16.4 Å². The molecule has 1 aliphatic heterocycles. The highest BCUT2D eigenvalue weighted by Gasteiger charge is 2.21. The molecule has 1 heterocycles. The highest BCUT2D eigenvalue weighted by atomic mass is 35.5. The first-order valence-electron chi connectivity index (χ1n) is 6.79. The maximum Gasteiger partial charge on any atom is 0.333 e. The van der Waals surface area contributed by atoms with Crippen LogP contribution in [0.15, 0.2) is 47.4 Å². The van der Waals surface area contributed by atoms with Crippen molar-refractivity contribution in [1.29, 1.82) is 0 Å². The lowest BCUT2D eigenvalue weighted by atomic mass is 10.2. The number of fused-ring (bicyclic) bond motifs is 1. The van der Waals surface area contributed by atoms with E-state index in [1.54, 1.807) is 30.3 Å². The van der Waals surface area contributed by atoms with Gasteiger partial charge in [-0.1, -0.05) is 11.6 Å². The Hall–Kier alpha value is -2.25. The molecule has 0 atom stereocenters. The molecular weight excluding hydrogens is 340 g/mol. The molecule has 0 aliphatic carbocycles. The Labute approximate surface area is 138 Å². The first-order valence-corrected chi connectivity index (χ1v) is 8.65. The van der Waals surface area contributed by atoms with Crippen molar-refractivity contribution in [2.24, 2.45) is 0 Å². The van der Waals surface area contributed by atoms with Crippen LogP contribution in [-0.4, -0.2) is 21.1 Å². The number of carbonyl (C=O) groups excluding carboxylic acids is 1. The molecule has 2 amide bonds. The van der Waals surface area contributed by atoms with Crippen molar-refractivity contribution in [3.8, 4) is 5.75 Å². The molecule has 2 N–H and O–H groups in total. The second-order valence-corrected chi connectivity index (χ2v) is 7.05. The van der Waals surface area contributed by atoms with E-state index in [-0.39, 0.29) is 4.90 Å². The summed E-state index contributed by atoms with van der Waals surface area (Å²) in [5.41, 5.74) is 1.25. The average Bonchev–Trinajstić information content (AvgIpc) is 2.96. The van der Waals surface area contributed by atoms with Crippen LogP contribution in [0, 0.1) is 0 Å². The van der Waals surface area contributed by atoms with E-state index >= 15 is 0 Å². The maximum absolute atomic E-state index is 12.3. The lowest BCUT2D eigenvalue weighted by Gasteiger charge is -2.09. The third kappa shape index (κ3) is 3.57. The van der Waals surface area contributed by atoms with E-state index in [9.17, 15) is 13.2 Å². The minimum absolute atomic E-state index is 0.0213. The first kappa shape index (κ1) is 15.6. The molecule has 0 radical (unpaired) electrons. The van der Waals surface area contributed by atoms with E-state index in [2.05, 4.69) is 5.32 Å². The highest BCUT2D eigenvalue weighted by Crippen LogP contribution is 2.27. The number of amides is 2. The molecule has 1 aliphatic rings. The van der Waals surface area contributed by atoms with E-state index in [0.29, 0.717) is 29.5 Å². The van der Waals surface area contributed by atoms with E-state index in [1.807, 2.05) is 4.72 Å². The molecule has 2 aromatic carbocycles. The van der Waals surface area contributed by atoms with Crippen LogP contribution in [0.3, 0.4) is 0 Å². The molecule has 0 saturated heterocycles. The van der Waals surface area contributed by atoms with Crippen molar-refractivity contribution in [3.63, 3.8) is 0 Å². The second-order valence-electron chi connectivity index (χ2n) is 4.93. The van der Waals surface area contributed by atoms with Gasteiger partial charge in [0.25, 0.3) is 10.0 Å². The molecule has 0 fully saturated rings. The van der Waals surface area contributed by atoms with Gasteiger partial charge in [0.2, 0.25) is 0 Å². The van der Waals surface area contributed by atoms with Crippen molar-refractivity contribution in [2.75, 3.05) is 11.9 Å². The van der Waals surface area contributed by atoms with Gasteiger partial charge >= 0.3 is 6.03 Å². The van der Waals surface area contributed by atoms with Crippen LogP contribution in [0.1, 0.15) is 5.56 Å². The van der Waals surface area contributed by atoms with Crippen LogP contribution in [0.2, 0.25) is 5.02 Å². The number of rotatable bonds is 3. The fourth-order valence-electron chi connectivity index (χ4n) is 2.20. The largest absolute Gasteiger partial charge is 0.493 e. The third-order valence-corrected chi connectivity index (χ3v) is 4.88. The Balaban J connectivity index is 1.73. The molecule has 0 unspecified atom stereocenters. The van der Waals surface area contributed by atoms with Gasteiger partial charge in [-0.15, -0.1) is 0 Å². The summed E-state index contributed by atoms with van der Waals surface area (Å²) in [6.45, 7) is 0.531. The van der Waals surface area contributed by atoms with Crippen molar-refractivity contribution < 1.29 is 17.9 Å². The van der Waals surface area contributed by atoms with Crippen LogP contribution in [0.5, 0.6) is 5.75 Å². The maximum atomic E-state index is 12.3. The average molecular weight is 353 g/mol. The van der Waals surface area contributed by atoms with Crippen LogP contribution >= 0.6 is 11.6 Å². The van der Waals surface area contributed by atoms with Crippen molar-refractivity contribution in [2.45, 2.75) is 11.3 Å². The molecule has 6 nitrogen and oxygen atoms in total. The van der Waals surface area contributed by atoms with Crippen molar-refractivity contribution >= 4 is 33.3 Å². The lowest BCUT2D eigenvalue weighted by molar-refractivity contribution is 0.256. The Kier molecular flexibility index (Phi) is 4.14. The molecular formula is C15H13ClN2O4S. The summed E-state index contributed by atoms with van der Waals surface area (Å²) >= 11 is 5.75. The van der Waals surface area contributed by atoms with Gasteiger partial charge in [-0.05, 0) is 48.0 Å². The highest BCUT2D eigenvalue weighted by molar-refractivity contribution is 7.90. The summed E-state index contributed by atoms with van der Waals surface area (Å²) < 4.78 is 31.8. The molecule has 2 aromatic rings. The monoisotopic (exact) mass is 352 g/mol. The molecule has 8 heteroatoms. The number of carbonyl (C=O) groups is 1. The first-order chi connectivity index (χ1) is 10.9. The van der Waals surface area contributed by atoms with Crippen LogP contribution in [0.4, 0.5) is 10.5 Å². The zero-order chi connectivity index (χ0) is 16.4. The van der Waals surface area contributed by atoms with Gasteiger partial charge in [0.1, 0.15) is 5.75 Å². The lowest BCUT2D eigenvalue weighted by Crippen LogP contribution is -2.34. The topological polar surface area (TPSA) is 84.5 Å². The minimum Gasteiger partial charge on any atom is -0.493 e. The van der Waals surface area contributed by atoms with Crippen LogP contribution in [0.25, 0.3) is 0 Å². The predicted molar refractivity (Wildman–Crippen MR) is 86.4 cm³/mol. The Bertz CT molecular complexity index is 850. The zero-order valence-corrected chi connectivity index (χ0v) is 13.4. The molecule has 0 spiro atoms. The van der Waals surface area contributed by atoms with Gasteiger partial charge in [-0.2, -0.15) is 0 Å². The number of hydrogen-bond acceptors (Lipinski definition) is 4. The predicted octanol–water partition coefficient (Wildman–Crippen LogP) is 2.79. The SMILES string of the molecule is O=C(Nc1ccc(Cl)cc1)NS(=O)(=O)c1ccc2c(c1)CCO2. The minimum atomic E-state index is -3.95. The van der Waals surface area contributed by atoms with Gasteiger partial charge in [0.15, 0.2) is 0 Å². The molecule has 23 heavy (non-hydrogen) atoms. The van der Waals surface area contributed by atoms with Gasteiger partial charge < -0.3 is 10.1 Å². The van der Waals surface area contributed by atoms with E-state index < -0.39 is 16.1 Å². The van der Waals surface area contributed by atoms with Gasteiger partial charge in [0.05, 0.1) is 11.5 Å². The number of urea groups is 1. The van der Waals surface area contributed by atoms with Gasteiger partial charge in [-0.3, -0.25) is 0 Å². The molecule has 120 valence electrons. The smallest absolute Gasteiger partial charge is 0.333 e. The summed E-state index contributed by atoms with van der Waals surface area (Å²) in [5, 5.41) is 2.95. The van der Waals surface area contributed by atoms with Gasteiger partial charge in [-0.25, -0.2) is 17.9 Å². The summed E-state index contributed by atoms with van der Waals surface area (Å²) in [6.07, 6.45) is 0.648. The van der Waals surface area contributed by atoms with Gasteiger partial charge in [0, 0.05) is 17.1 Å². The number of sulfonamides is 1. The number of nitrogens with one attached hydrogen (secondary N) is 2. The molecule has 3 rings (SSSR count). The standard InChI is InChI=1S/C15H13ClN2O4S/c16-11-1-3-12(4-2-11)17-15(19)18-23(20,21)13-5-6-14-10(9-13)7-8-22-14/h1-6,9H,7-8H2,(H2,17,18,19). The Morgan fingerprint density at radius 1 is 1.13 bits per heavy atom. The van der Waals surface area contributed by atoms with E-state index in [0.717, 1.165) is 5.56 Å². The van der Waals surface area contributed by atoms with Crippen molar-refractivity contribution in [1.82, 2.24) is 4.72 Å². The third-order valence-electron chi connectivity index (χ3n) is 3.30. The van der Waals surface area contributed by atoms with E-state index in [4.69, 9.17) is 16.3 Å². The zero-order valence-electron chi connectivity index (χ0n) is 11.9. The summed E-state index contributed by atoms with van der Waals surface area (Å²) in [4.78, 5) is 11.9. The number of halogens is 1. The fourth-order valence-corrected chi connectivity index (χ4v) is 3.28. The molecule has 0 bridgehead atoms. The Morgan fingerprint density at radius 2 is 1.87 bits per heavy atom. The molecule has 0 saturated carbocycles. The summed E-state index contributed by atoms with van der Waals surface area (Å²) in [5.74, 6) is 0.676. The second kappa shape index (κ2) is 6.10. The van der Waals surface area contributed by atoms with Crippen molar-refractivity contribution in [3.05, 3.63) is 53.1 Å². The molecule has 0 aromatic heterocycles. The quantitative estimate of drug-likeness (QED) is 0.889. The summed E-state index contributed by atoms with van der Waals surface area (Å²) in [6, 6.07) is 9.99.